The second kappa shape index (κ2) is 2.67. The highest BCUT2D eigenvalue weighted by Gasteiger charge is 2.48. The van der Waals surface area contributed by atoms with Gasteiger partial charge in [-0.15, -0.1) is 0 Å². The van der Waals surface area contributed by atoms with Crippen molar-refractivity contribution in [1.82, 2.24) is 0 Å². The first-order valence-corrected chi connectivity index (χ1v) is 3.93. The van der Waals surface area contributed by atoms with Crippen LogP contribution in [-0.2, 0) is 10.7 Å². The Morgan fingerprint density at radius 3 is 2.79 bits per heavy atom. The third-order valence-corrected chi connectivity index (χ3v) is 2.10. The van der Waals surface area contributed by atoms with E-state index in [0.29, 0.717) is 5.75 Å². The number of amides is 1. The van der Waals surface area contributed by atoms with Crippen LogP contribution in [0.4, 0.5) is 14.5 Å². The Kier molecular flexibility index (Phi) is 1.70. The number of hydrogen-bond donors (Lipinski definition) is 1. The molecule has 0 saturated carbocycles. The summed E-state index contributed by atoms with van der Waals surface area (Å²) in [5.74, 6) is -4.29. The number of benzene rings is 1. The monoisotopic (exact) mass is 199 g/mol. The molecule has 0 saturated heterocycles. The van der Waals surface area contributed by atoms with Gasteiger partial charge in [0.1, 0.15) is 5.75 Å². The van der Waals surface area contributed by atoms with Gasteiger partial charge in [-0.3, -0.25) is 4.79 Å². The van der Waals surface area contributed by atoms with E-state index in [0.717, 1.165) is 0 Å². The van der Waals surface area contributed by atoms with Gasteiger partial charge in [0.2, 0.25) is 0 Å². The van der Waals surface area contributed by atoms with E-state index in [1.54, 1.807) is 0 Å². The SMILES string of the molecule is COc1ccc2c(c1)NC(=O)C2(F)F. The Bertz CT molecular complexity index is 404. The molecule has 2 rings (SSSR count). The molecule has 3 nitrogen and oxygen atoms in total. The Hall–Kier alpha value is -1.65. The largest absolute Gasteiger partial charge is 0.497 e. The van der Waals surface area contributed by atoms with Crippen LogP contribution in [0.1, 0.15) is 5.56 Å². The number of carbonyl (C=O) groups is 1. The van der Waals surface area contributed by atoms with Crippen LogP contribution in [0.2, 0.25) is 0 Å². The summed E-state index contributed by atoms with van der Waals surface area (Å²) in [5, 5.41) is 2.09. The number of alkyl halides is 2. The van der Waals surface area contributed by atoms with E-state index in [4.69, 9.17) is 4.74 Å². The first-order valence-electron chi connectivity index (χ1n) is 3.93. The van der Waals surface area contributed by atoms with Crippen molar-refractivity contribution in [3.05, 3.63) is 23.8 Å². The number of hydrogen-bond acceptors (Lipinski definition) is 2. The molecule has 0 bridgehead atoms. The lowest BCUT2D eigenvalue weighted by Gasteiger charge is -2.06. The lowest BCUT2D eigenvalue weighted by atomic mass is 10.1. The van der Waals surface area contributed by atoms with Crippen LogP contribution >= 0.6 is 0 Å². The maximum atomic E-state index is 13.1. The summed E-state index contributed by atoms with van der Waals surface area (Å²) < 4.78 is 31.1. The van der Waals surface area contributed by atoms with Gasteiger partial charge in [0.25, 0.3) is 5.91 Å². The first kappa shape index (κ1) is 8.93. The van der Waals surface area contributed by atoms with Crippen molar-refractivity contribution in [3.63, 3.8) is 0 Å². The van der Waals surface area contributed by atoms with Crippen molar-refractivity contribution in [3.8, 4) is 5.75 Å². The molecule has 0 unspecified atom stereocenters. The van der Waals surface area contributed by atoms with Crippen LogP contribution in [-0.4, -0.2) is 13.0 Å². The number of ether oxygens (including phenoxy) is 1. The zero-order chi connectivity index (χ0) is 10.3. The maximum absolute atomic E-state index is 13.1. The number of halogens is 2. The molecule has 1 heterocycles. The summed E-state index contributed by atoms with van der Waals surface area (Å²) in [5.41, 5.74) is -0.192. The first-order chi connectivity index (χ1) is 6.55. The van der Waals surface area contributed by atoms with Crippen LogP contribution in [0.5, 0.6) is 5.75 Å². The molecule has 0 fully saturated rings. The third kappa shape index (κ3) is 1.05. The minimum absolute atomic E-state index is 0.111. The zero-order valence-corrected chi connectivity index (χ0v) is 7.30. The molecule has 0 atom stereocenters. The second-order valence-corrected chi connectivity index (χ2v) is 2.94. The van der Waals surface area contributed by atoms with Crippen molar-refractivity contribution in [2.45, 2.75) is 5.92 Å². The Labute approximate surface area is 78.7 Å². The van der Waals surface area contributed by atoms with Crippen LogP contribution in [0, 0.1) is 0 Å². The molecule has 1 aliphatic heterocycles. The van der Waals surface area contributed by atoms with Crippen LogP contribution < -0.4 is 10.1 Å². The molecule has 0 spiro atoms. The van der Waals surface area contributed by atoms with Crippen molar-refractivity contribution < 1.29 is 18.3 Å². The fourth-order valence-corrected chi connectivity index (χ4v) is 1.35. The number of nitrogens with one attached hydrogen (secondary N) is 1. The predicted molar refractivity (Wildman–Crippen MR) is 45.5 cm³/mol. The van der Waals surface area contributed by atoms with E-state index in [2.05, 4.69) is 5.32 Å². The molecular weight excluding hydrogens is 192 g/mol. The highest BCUT2D eigenvalue weighted by atomic mass is 19.3. The highest BCUT2D eigenvalue weighted by Crippen LogP contribution is 2.41. The molecule has 1 N–H and O–H groups in total. The summed E-state index contributed by atoms with van der Waals surface area (Å²) in [7, 11) is 1.43. The summed E-state index contributed by atoms with van der Waals surface area (Å²) in [6.45, 7) is 0. The summed E-state index contributed by atoms with van der Waals surface area (Å²) in [6, 6.07) is 3.95. The van der Waals surface area contributed by atoms with E-state index in [9.17, 15) is 13.6 Å². The van der Waals surface area contributed by atoms with Crippen molar-refractivity contribution in [2.24, 2.45) is 0 Å². The predicted octanol–water partition coefficient (Wildman–Crippen LogP) is 1.74. The quantitative estimate of drug-likeness (QED) is 0.748. The van der Waals surface area contributed by atoms with E-state index in [-0.39, 0.29) is 11.3 Å². The van der Waals surface area contributed by atoms with Gasteiger partial charge in [0, 0.05) is 6.07 Å². The molecule has 14 heavy (non-hydrogen) atoms. The van der Waals surface area contributed by atoms with Crippen LogP contribution in [0.15, 0.2) is 18.2 Å². The van der Waals surface area contributed by atoms with Gasteiger partial charge in [0.05, 0.1) is 18.4 Å². The Morgan fingerprint density at radius 2 is 2.14 bits per heavy atom. The molecule has 0 radical (unpaired) electrons. The number of fused-ring (bicyclic) bond motifs is 1. The van der Waals surface area contributed by atoms with Gasteiger partial charge in [-0.2, -0.15) is 8.78 Å². The van der Waals surface area contributed by atoms with Gasteiger partial charge in [-0.1, -0.05) is 0 Å². The Balaban J connectivity index is 2.54. The average molecular weight is 199 g/mol. The normalized spacial score (nSPS) is 17.5. The van der Waals surface area contributed by atoms with Crippen molar-refractivity contribution >= 4 is 11.6 Å². The van der Waals surface area contributed by atoms with Gasteiger partial charge in [0.15, 0.2) is 0 Å². The number of methoxy groups -OCH3 is 1. The highest BCUT2D eigenvalue weighted by molar-refractivity contribution is 6.03. The van der Waals surface area contributed by atoms with Gasteiger partial charge < -0.3 is 10.1 Å². The van der Waals surface area contributed by atoms with Crippen molar-refractivity contribution in [1.29, 1.82) is 0 Å². The molecule has 1 aromatic carbocycles. The average Bonchev–Trinajstić information content (AvgIpc) is 2.38. The summed E-state index contributed by atoms with van der Waals surface area (Å²) in [4.78, 5) is 10.9. The van der Waals surface area contributed by atoms with Crippen LogP contribution in [0.25, 0.3) is 0 Å². The molecular formula is C9H7F2NO2. The van der Waals surface area contributed by atoms with Crippen LogP contribution in [0.3, 0.4) is 0 Å². The minimum Gasteiger partial charge on any atom is -0.497 e. The standard InChI is InChI=1S/C9H7F2NO2/c1-14-5-2-3-6-7(4-5)12-8(13)9(6,10)11/h2-4H,1H3,(H,12,13). The fourth-order valence-electron chi connectivity index (χ4n) is 1.35. The lowest BCUT2D eigenvalue weighted by Crippen LogP contribution is -2.23. The summed E-state index contributed by atoms with van der Waals surface area (Å²) in [6.07, 6.45) is 0. The number of anilines is 1. The topological polar surface area (TPSA) is 38.3 Å². The number of rotatable bonds is 1. The smallest absolute Gasteiger partial charge is 0.352 e. The molecule has 5 heteroatoms. The van der Waals surface area contributed by atoms with Gasteiger partial charge in [-0.25, -0.2) is 0 Å². The summed E-state index contributed by atoms with van der Waals surface area (Å²) >= 11 is 0. The van der Waals surface area contributed by atoms with Gasteiger partial charge >= 0.3 is 5.92 Å². The Morgan fingerprint density at radius 1 is 1.43 bits per heavy atom. The van der Waals surface area contributed by atoms with E-state index >= 15 is 0 Å². The molecule has 1 aromatic rings. The number of carbonyl (C=O) groups excluding carboxylic acids is 1. The maximum Gasteiger partial charge on any atom is 0.352 e. The third-order valence-electron chi connectivity index (χ3n) is 2.10. The molecule has 74 valence electrons. The minimum atomic E-state index is -3.43. The molecule has 0 aromatic heterocycles. The van der Waals surface area contributed by atoms with E-state index in [1.165, 1.54) is 25.3 Å². The lowest BCUT2D eigenvalue weighted by molar-refractivity contribution is -0.139. The van der Waals surface area contributed by atoms with Gasteiger partial charge in [-0.05, 0) is 12.1 Å². The fraction of sp³-hybridized carbons (Fsp3) is 0.222. The van der Waals surface area contributed by atoms with E-state index in [1.807, 2.05) is 0 Å². The second-order valence-electron chi connectivity index (χ2n) is 2.94. The van der Waals surface area contributed by atoms with Crippen molar-refractivity contribution in [2.75, 3.05) is 12.4 Å². The molecule has 1 aliphatic rings. The zero-order valence-electron chi connectivity index (χ0n) is 7.30. The molecule has 1 amide bonds. The van der Waals surface area contributed by atoms with E-state index < -0.39 is 11.8 Å². The molecule has 0 aliphatic carbocycles.